The molecule has 6 heteroatoms. The summed E-state index contributed by atoms with van der Waals surface area (Å²) in [5.74, 6) is -1.62. The second kappa shape index (κ2) is 4.96. The van der Waals surface area contributed by atoms with Crippen LogP contribution in [0.5, 0.6) is 0 Å². The molecule has 0 amide bonds. The van der Waals surface area contributed by atoms with Crippen molar-refractivity contribution in [3.8, 4) is 0 Å². The summed E-state index contributed by atoms with van der Waals surface area (Å²) in [5, 5.41) is 9.10. The van der Waals surface area contributed by atoms with Crippen molar-refractivity contribution in [3.05, 3.63) is 28.6 Å². The SMILES string of the molecule is CCc1cc(C(F)(F)F)nc(C(C)C)c1C(=O)O. The number of aromatic nitrogens is 1. The van der Waals surface area contributed by atoms with Crippen LogP contribution in [0.4, 0.5) is 13.2 Å². The molecule has 1 N–H and O–H groups in total. The molecule has 3 nitrogen and oxygen atoms in total. The minimum absolute atomic E-state index is 0.0193. The number of hydrogen-bond donors (Lipinski definition) is 1. The Morgan fingerprint density at radius 1 is 1.44 bits per heavy atom. The molecule has 18 heavy (non-hydrogen) atoms. The molecule has 1 aromatic heterocycles. The first-order valence-electron chi connectivity index (χ1n) is 5.52. The van der Waals surface area contributed by atoms with Crippen molar-refractivity contribution < 1.29 is 23.1 Å². The molecule has 0 aromatic carbocycles. The van der Waals surface area contributed by atoms with Crippen LogP contribution in [0.15, 0.2) is 6.07 Å². The second-order valence-electron chi connectivity index (χ2n) is 4.24. The van der Waals surface area contributed by atoms with Gasteiger partial charge in [-0.05, 0) is 24.0 Å². The lowest BCUT2D eigenvalue weighted by atomic mass is 9.96. The molecular formula is C12H14F3NO2. The van der Waals surface area contributed by atoms with Gasteiger partial charge in [0.1, 0.15) is 5.69 Å². The molecule has 0 spiro atoms. The third-order valence-electron chi connectivity index (χ3n) is 2.56. The van der Waals surface area contributed by atoms with Crippen LogP contribution in [0.1, 0.15) is 54.0 Å². The molecule has 0 aliphatic rings. The second-order valence-corrected chi connectivity index (χ2v) is 4.24. The third-order valence-corrected chi connectivity index (χ3v) is 2.56. The van der Waals surface area contributed by atoms with Crippen LogP contribution >= 0.6 is 0 Å². The van der Waals surface area contributed by atoms with Gasteiger partial charge in [-0.15, -0.1) is 0 Å². The number of aromatic carboxylic acids is 1. The Balaban J connectivity index is 3.59. The predicted molar refractivity (Wildman–Crippen MR) is 59.7 cm³/mol. The monoisotopic (exact) mass is 261 g/mol. The number of halogens is 3. The lowest BCUT2D eigenvalue weighted by Gasteiger charge is -2.16. The first-order chi connectivity index (χ1) is 8.18. The number of carboxylic acid groups (broad SMARTS) is 1. The molecule has 0 unspecified atom stereocenters. The quantitative estimate of drug-likeness (QED) is 0.906. The lowest BCUT2D eigenvalue weighted by Crippen LogP contribution is -2.17. The smallest absolute Gasteiger partial charge is 0.433 e. The number of alkyl halides is 3. The zero-order valence-electron chi connectivity index (χ0n) is 10.3. The van der Waals surface area contributed by atoms with Crippen LogP contribution < -0.4 is 0 Å². The van der Waals surface area contributed by atoms with E-state index in [2.05, 4.69) is 4.98 Å². The molecular weight excluding hydrogens is 247 g/mol. The van der Waals surface area contributed by atoms with Crippen molar-refractivity contribution in [2.45, 2.75) is 39.3 Å². The fourth-order valence-corrected chi connectivity index (χ4v) is 1.71. The first-order valence-corrected chi connectivity index (χ1v) is 5.52. The third kappa shape index (κ3) is 2.80. The highest BCUT2D eigenvalue weighted by molar-refractivity contribution is 5.91. The zero-order chi connectivity index (χ0) is 14.1. The average molecular weight is 261 g/mol. The molecule has 1 heterocycles. The van der Waals surface area contributed by atoms with Crippen LogP contribution in [0.2, 0.25) is 0 Å². The van der Waals surface area contributed by atoms with Gasteiger partial charge in [0.25, 0.3) is 0 Å². The van der Waals surface area contributed by atoms with Crippen molar-refractivity contribution in [1.82, 2.24) is 4.98 Å². The van der Waals surface area contributed by atoms with Crippen molar-refractivity contribution in [1.29, 1.82) is 0 Å². The van der Waals surface area contributed by atoms with Gasteiger partial charge in [-0.1, -0.05) is 20.8 Å². The molecule has 0 aliphatic carbocycles. The number of nitrogens with zero attached hydrogens (tertiary/aromatic N) is 1. The van der Waals surface area contributed by atoms with Gasteiger partial charge in [-0.3, -0.25) is 0 Å². The Hall–Kier alpha value is -1.59. The van der Waals surface area contributed by atoms with Crippen molar-refractivity contribution in [3.63, 3.8) is 0 Å². The fourth-order valence-electron chi connectivity index (χ4n) is 1.71. The maximum absolute atomic E-state index is 12.7. The van der Waals surface area contributed by atoms with E-state index in [0.29, 0.717) is 0 Å². The predicted octanol–water partition coefficient (Wildman–Crippen LogP) is 3.48. The van der Waals surface area contributed by atoms with Gasteiger partial charge < -0.3 is 5.11 Å². The number of aryl methyl sites for hydroxylation is 1. The van der Waals surface area contributed by atoms with Gasteiger partial charge in [-0.25, -0.2) is 9.78 Å². The molecule has 0 aliphatic heterocycles. The number of rotatable bonds is 3. The summed E-state index contributed by atoms with van der Waals surface area (Å²) < 4.78 is 38.0. The van der Waals surface area contributed by atoms with Crippen molar-refractivity contribution in [2.24, 2.45) is 0 Å². The molecule has 0 bridgehead atoms. The molecule has 0 atom stereocenters. The molecule has 1 rings (SSSR count). The van der Waals surface area contributed by atoms with Crippen molar-refractivity contribution >= 4 is 5.97 Å². The van der Waals surface area contributed by atoms with E-state index in [0.717, 1.165) is 6.07 Å². The maximum atomic E-state index is 12.7. The standard InChI is InChI=1S/C12H14F3NO2/c1-4-7-5-8(12(13,14)15)16-10(6(2)3)9(7)11(17)18/h5-6H,4H2,1-3H3,(H,17,18). The molecule has 0 saturated carbocycles. The van der Waals surface area contributed by atoms with Crippen LogP contribution in [0.25, 0.3) is 0 Å². The molecule has 0 radical (unpaired) electrons. The van der Waals surface area contributed by atoms with E-state index in [4.69, 9.17) is 5.11 Å². The minimum atomic E-state index is -4.56. The topological polar surface area (TPSA) is 50.2 Å². The van der Waals surface area contributed by atoms with Crippen LogP contribution in [0, 0.1) is 0 Å². The molecule has 0 fully saturated rings. The lowest BCUT2D eigenvalue weighted by molar-refractivity contribution is -0.141. The highest BCUT2D eigenvalue weighted by Gasteiger charge is 2.35. The van der Waals surface area contributed by atoms with E-state index < -0.39 is 17.8 Å². The summed E-state index contributed by atoms with van der Waals surface area (Å²) >= 11 is 0. The van der Waals surface area contributed by atoms with E-state index >= 15 is 0 Å². The minimum Gasteiger partial charge on any atom is -0.478 e. The summed E-state index contributed by atoms with van der Waals surface area (Å²) in [4.78, 5) is 14.6. The fraction of sp³-hybridized carbons (Fsp3) is 0.500. The summed E-state index contributed by atoms with van der Waals surface area (Å²) in [7, 11) is 0. The summed E-state index contributed by atoms with van der Waals surface area (Å²) in [6.45, 7) is 4.86. The van der Waals surface area contributed by atoms with E-state index in [1.54, 1.807) is 20.8 Å². The number of carboxylic acids is 1. The Bertz CT molecular complexity index is 467. The van der Waals surface area contributed by atoms with Crippen LogP contribution in [-0.2, 0) is 12.6 Å². The van der Waals surface area contributed by atoms with Gasteiger partial charge in [0.2, 0.25) is 0 Å². The van der Waals surface area contributed by atoms with Gasteiger partial charge in [0.15, 0.2) is 0 Å². The maximum Gasteiger partial charge on any atom is 0.433 e. The first kappa shape index (κ1) is 14.5. The van der Waals surface area contributed by atoms with E-state index in [-0.39, 0.29) is 29.2 Å². The number of carbonyl (C=O) groups is 1. The number of hydrogen-bond acceptors (Lipinski definition) is 2. The summed E-state index contributed by atoms with van der Waals surface area (Å²) in [6.07, 6.45) is -4.35. The Morgan fingerprint density at radius 3 is 2.33 bits per heavy atom. The largest absolute Gasteiger partial charge is 0.478 e. The number of pyridine rings is 1. The average Bonchev–Trinajstić information content (AvgIpc) is 2.25. The van der Waals surface area contributed by atoms with Crippen molar-refractivity contribution in [2.75, 3.05) is 0 Å². The normalized spacial score (nSPS) is 11.9. The highest BCUT2D eigenvalue weighted by Crippen LogP contribution is 2.32. The van der Waals surface area contributed by atoms with Gasteiger partial charge in [0, 0.05) is 0 Å². The highest BCUT2D eigenvalue weighted by atomic mass is 19.4. The van der Waals surface area contributed by atoms with Gasteiger partial charge in [-0.2, -0.15) is 13.2 Å². The summed E-state index contributed by atoms with van der Waals surface area (Å²) in [6, 6.07) is 0.815. The van der Waals surface area contributed by atoms with E-state index in [9.17, 15) is 18.0 Å². The molecule has 0 saturated heterocycles. The zero-order valence-corrected chi connectivity index (χ0v) is 10.3. The van der Waals surface area contributed by atoms with Crippen LogP contribution in [-0.4, -0.2) is 16.1 Å². The van der Waals surface area contributed by atoms with E-state index in [1.165, 1.54) is 0 Å². The van der Waals surface area contributed by atoms with Gasteiger partial charge in [0.05, 0.1) is 11.3 Å². The summed E-state index contributed by atoms with van der Waals surface area (Å²) in [5.41, 5.74) is -1.00. The van der Waals surface area contributed by atoms with E-state index in [1.807, 2.05) is 0 Å². The molecule has 100 valence electrons. The Morgan fingerprint density at radius 2 is 2.00 bits per heavy atom. The molecule has 1 aromatic rings. The van der Waals surface area contributed by atoms with Crippen LogP contribution in [0.3, 0.4) is 0 Å². The Labute approximate surface area is 103 Å². The van der Waals surface area contributed by atoms with Gasteiger partial charge >= 0.3 is 12.1 Å². The Kier molecular flexibility index (Phi) is 3.98.